The van der Waals surface area contributed by atoms with E-state index in [1.807, 2.05) is 18.2 Å². The van der Waals surface area contributed by atoms with Gasteiger partial charge in [-0.3, -0.25) is 9.59 Å². The van der Waals surface area contributed by atoms with Gasteiger partial charge in [-0.05, 0) is 73.4 Å². The van der Waals surface area contributed by atoms with Crippen LogP contribution in [-0.4, -0.2) is 58.4 Å². The number of nitrogens with one attached hydrogen (secondary N) is 2. The Morgan fingerprint density at radius 1 is 0.950 bits per heavy atom. The molecule has 0 unspecified atom stereocenters. The van der Waals surface area contributed by atoms with E-state index in [0.29, 0.717) is 53.6 Å². The van der Waals surface area contributed by atoms with Gasteiger partial charge in [0.15, 0.2) is 11.5 Å². The SMILES string of the molecule is COc1ccc(CCNC(=O)c2ccccc2NC(=O)C2CCN(S(=O)(=O)c3ccc(Cl)cc3)CC2)cc1OC. The number of ether oxygens (including phenoxy) is 2. The van der Waals surface area contributed by atoms with Crippen LogP contribution in [0.2, 0.25) is 5.02 Å². The van der Waals surface area contributed by atoms with E-state index in [1.54, 1.807) is 50.6 Å². The van der Waals surface area contributed by atoms with E-state index >= 15 is 0 Å². The van der Waals surface area contributed by atoms with Crippen LogP contribution in [0.3, 0.4) is 0 Å². The number of amides is 2. The number of rotatable bonds is 10. The molecule has 212 valence electrons. The second-order valence-electron chi connectivity index (χ2n) is 9.36. The molecule has 3 aromatic rings. The second-order valence-corrected chi connectivity index (χ2v) is 11.7. The molecule has 0 spiro atoms. The van der Waals surface area contributed by atoms with Gasteiger partial charge in [-0.25, -0.2) is 8.42 Å². The third kappa shape index (κ3) is 6.93. The Morgan fingerprint density at radius 3 is 2.30 bits per heavy atom. The van der Waals surface area contributed by atoms with Gasteiger partial charge in [0.1, 0.15) is 0 Å². The summed E-state index contributed by atoms with van der Waals surface area (Å²) >= 11 is 5.88. The first-order valence-corrected chi connectivity index (χ1v) is 14.7. The smallest absolute Gasteiger partial charge is 0.253 e. The average Bonchev–Trinajstić information content (AvgIpc) is 2.97. The van der Waals surface area contributed by atoms with Crippen LogP contribution in [0.1, 0.15) is 28.8 Å². The number of halogens is 1. The summed E-state index contributed by atoms with van der Waals surface area (Å²) in [5.74, 6) is 0.328. The van der Waals surface area contributed by atoms with Crippen molar-refractivity contribution in [2.45, 2.75) is 24.2 Å². The molecule has 9 nitrogen and oxygen atoms in total. The maximum absolute atomic E-state index is 13.1. The van der Waals surface area contributed by atoms with Gasteiger partial charge < -0.3 is 20.1 Å². The summed E-state index contributed by atoms with van der Waals surface area (Å²) in [7, 11) is -0.520. The number of benzene rings is 3. The Morgan fingerprint density at radius 2 is 1.62 bits per heavy atom. The Bertz CT molecular complexity index is 1450. The number of methoxy groups -OCH3 is 2. The molecule has 0 saturated carbocycles. The Kier molecular flexibility index (Phi) is 9.67. The zero-order valence-electron chi connectivity index (χ0n) is 22.4. The number of para-hydroxylation sites is 1. The fourth-order valence-corrected chi connectivity index (χ4v) is 6.19. The summed E-state index contributed by atoms with van der Waals surface area (Å²) in [5.41, 5.74) is 1.74. The van der Waals surface area contributed by atoms with Crippen LogP contribution in [0.15, 0.2) is 71.6 Å². The maximum atomic E-state index is 13.1. The summed E-state index contributed by atoms with van der Waals surface area (Å²) in [6, 6.07) is 18.5. The molecule has 40 heavy (non-hydrogen) atoms. The molecule has 0 bridgehead atoms. The average molecular weight is 586 g/mol. The van der Waals surface area contributed by atoms with Crippen molar-refractivity contribution in [2.75, 3.05) is 39.2 Å². The van der Waals surface area contributed by atoms with E-state index < -0.39 is 10.0 Å². The zero-order chi connectivity index (χ0) is 28.7. The van der Waals surface area contributed by atoms with Crippen molar-refractivity contribution in [2.24, 2.45) is 5.92 Å². The van der Waals surface area contributed by atoms with Crippen molar-refractivity contribution in [3.05, 3.63) is 82.9 Å². The third-order valence-electron chi connectivity index (χ3n) is 6.85. The number of carbonyl (C=O) groups is 2. The fourth-order valence-electron chi connectivity index (χ4n) is 4.59. The number of anilines is 1. The third-order valence-corrected chi connectivity index (χ3v) is 9.02. The van der Waals surface area contributed by atoms with Gasteiger partial charge in [-0.15, -0.1) is 0 Å². The number of sulfonamides is 1. The second kappa shape index (κ2) is 13.2. The Balaban J connectivity index is 1.32. The highest BCUT2D eigenvalue weighted by molar-refractivity contribution is 7.89. The first kappa shape index (κ1) is 29.4. The summed E-state index contributed by atoms with van der Waals surface area (Å²) in [5, 5.41) is 6.24. The molecular weight excluding hydrogens is 554 g/mol. The molecule has 3 aromatic carbocycles. The first-order valence-electron chi connectivity index (χ1n) is 12.9. The van der Waals surface area contributed by atoms with E-state index in [2.05, 4.69) is 10.6 Å². The normalized spacial score (nSPS) is 14.4. The van der Waals surface area contributed by atoms with Gasteiger partial charge in [0, 0.05) is 30.6 Å². The summed E-state index contributed by atoms with van der Waals surface area (Å²) in [6.45, 7) is 0.833. The highest BCUT2D eigenvalue weighted by Gasteiger charge is 2.32. The van der Waals surface area contributed by atoms with E-state index in [-0.39, 0.29) is 35.7 Å². The summed E-state index contributed by atoms with van der Waals surface area (Å²) in [6.07, 6.45) is 1.33. The highest BCUT2D eigenvalue weighted by atomic mass is 35.5. The van der Waals surface area contributed by atoms with E-state index in [4.69, 9.17) is 21.1 Å². The van der Waals surface area contributed by atoms with Crippen molar-refractivity contribution >= 4 is 39.1 Å². The van der Waals surface area contributed by atoms with Crippen molar-refractivity contribution in [3.63, 3.8) is 0 Å². The van der Waals surface area contributed by atoms with Crippen molar-refractivity contribution in [1.29, 1.82) is 0 Å². The Hall–Kier alpha value is -3.60. The van der Waals surface area contributed by atoms with Crippen molar-refractivity contribution in [1.82, 2.24) is 9.62 Å². The van der Waals surface area contributed by atoms with Crippen molar-refractivity contribution < 1.29 is 27.5 Å². The van der Waals surface area contributed by atoms with Crippen LogP contribution >= 0.6 is 11.6 Å². The lowest BCUT2D eigenvalue weighted by molar-refractivity contribution is -0.120. The molecule has 2 N–H and O–H groups in total. The van der Waals surface area contributed by atoms with Crippen LogP contribution in [0, 0.1) is 5.92 Å². The highest BCUT2D eigenvalue weighted by Crippen LogP contribution is 2.28. The topological polar surface area (TPSA) is 114 Å². The fraction of sp³-hybridized carbons (Fsp3) is 0.310. The maximum Gasteiger partial charge on any atom is 0.253 e. The zero-order valence-corrected chi connectivity index (χ0v) is 23.9. The number of hydrogen-bond donors (Lipinski definition) is 2. The monoisotopic (exact) mass is 585 g/mol. The predicted octanol–water partition coefficient (Wildman–Crippen LogP) is 4.37. The van der Waals surface area contributed by atoms with Crippen LogP contribution in [0.4, 0.5) is 5.69 Å². The quantitative estimate of drug-likeness (QED) is 0.365. The first-order chi connectivity index (χ1) is 19.2. The van der Waals surface area contributed by atoms with Gasteiger partial charge >= 0.3 is 0 Å². The molecule has 1 aliphatic rings. The van der Waals surface area contributed by atoms with Crippen LogP contribution in [0.5, 0.6) is 11.5 Å². The molecule has 11 heteroatoms. The number of nitrogens with zero attached hydrogens (tertiary/aromatic N) is 1. The summed E-state index contributed by atoms with van der Waals surface area (Å²) in [4.78, 5) is 26.2. The van der Waals surface area contributed by atoms with Crippen LogP contribution in [-0.2, 0) is 21.2 Å². The molecule has 1 fully saturated rings. The standard InChI is InChI=1S/C29H32ClN3O6S/c1-38-26-12-7-20(19-27(26)39-2)13-16-31-29(35)24-5-3-4-6-25(24)32-28(34)21-14-17-33(18-15-21)40(36,37)23-10-8-22(30)9-11-23/h3-12,19,21H,13-18H2,1-2H3,(H,31,35)(H,32,34). The largest absolute Gasteiger partial charge is 0.493 e. The van der Waals surface area contributed by atoms with Gasteiger partial charge in [0.2, 0.25) is 15.9 Å². The molecule has 0 aromatic heterocycles. The lowest BCUT2D eigenvalue weighted by Crippen LogP contribution is -2.41. The molecule has 2 amide bonds. The van der Waals surface area contributed by atoms with Gasteiger partial charge in [0.05, 0.1) is 30.4 Å². The number of piperidine rings is 1. The predicted molar refractivity (Wildman–Crippen MR) is 154 cm³/mol. The molecule has 1 saturated heterocycles. The minimum absolute atomic E-state index is 0.172. The molecule has 0 radical (unpaired) electrons. The molecule has 4 rings (SSSR count). The molecule has 0 atom stereocenters. The molecule has 1 heterocycles. The van der Waals surface area contributed by atoms with E-state index in [9.17, 15) is 18.0 Å². The number of hydrogen-bond acceptors (Lipinski definition) is 6. The molecule has 1 aliphatic heterocycles. The van der Waals surface area contributed by atoms with E-state index in [0.717, 1.165) is 5.56 Å². The van der Waals surface area contributed by atoms with E-state index in [1.165, 1.54) is 16.4 Å². The van der Waals surface area contributed by atoms with Gasteiger partial charge in [-0.1, -0.05) is 29.8 Å². The van der Waals surface area contributed by atoms with Gasteiger partial charge in [0.25, 0.3) is 5.91 Å². The van der Waals surface area contributed by atoms with Gasteiger partial charge in [-0.2, -0.15) is 4.31 Å². The van der Waals surface area contributed by atoms with Crippen LogP contribution in [0.25, 0.3) is 0 Å². The minimum Gasteiger partial charge on any atom is -0.493 e. The number of carbonyl (C=O) groups excluding carboxylic acids is 2. The van der Waals surface area contributed by atoms with Crippen LogP contribution < -0.4 is 20.1 Å². The minimum atomic E-state index is -3.66. The molecule has 0 aliphatic carbocycles. The lowest BCUT2D eigenvalue weighted by Gasteiger charge is -2.30. The Labute approximate surface area is 239 Å². The molecular formula is C29H32ClN3O6S. The lowest BCUT2D eigenvalue weighted by atomic mass is 9.97. The summed E-state index contributed by atoms with van der Waals surface area (Å²) < 4.78 is 37.9. The van der Waals surface area contributed by atoms with Crippen molar-refractivity contribution in [3.8, 4) is 11.5 Å².